The summed E-state index contributed by atoms with van der Waals surface area (Å²) in [7, 11) is 0. The molecule has 0 aliphatic carbocycles. The summed E-state index contributed by atoms with van der Waals surface area (Å²) in [5.41, 5.74) is 0. The Kier molecular flexibility index (Phi) is 1.04. The maximum absolute atomic E-state index is 4.00. The van der Waals surface area contributed by atoms with Gasteiger partial charge in [-0.05, 0) is 6.07 Å². The molecule has 10 heavy (non-hydrogen) atoms. The SMILES string of the molecule is c1cnn(-c2cnc[nH]2)c1. The number of rotatable bonds is 1. The fourth-order valence-corrected chi connectivity index (χ4v) is 0.785. The Morgan fingerprint density at radius 2 is 2.50 bits per heavy atom. The molecule has 2 aromatic rings. The first-order chi connectivity index (χ1) is 4.97. The first kappa shape index (κ1) is 5.22. The first-order valence-corrected chi connectivity index (χ1v) is 2.95. The Hall–Kier alpha value is -1.58. The minimum absolute atomic E-state index is 0.880. The Labute approximate surface area is 57.5 Å². The minimum Gasteiger partial charge on any atom is -0.330 e. The van der Waals surface area contributed by atoms with Crippen LogP contribution in [0.25, 0.3) is 5.82 Å². The molecule has 50 valence electrons. The number of aromatic nitrogens is 4. The van der Waals surface area contributed by atoms with Gasteiger partial charge in [-0.2, -0.15) is 5.10 Å². The highest BCUT2D eigenvalue weighted by Gasteiger charge is 1.92. The molecule has 0 radical (unpaired) electrons. The molecule has 4 nitrogen and oxygen atoms in total. The fraction of sp³-hybridized carbons (Fsp3) is 0. The van der Waals surface area contributed by atoms with Gasteiger partial charge in [0.2, 0.25) is 0 Å². The molecule has 0 bridgehead atoms. The monoisotopic (exact) mass is 134 g/mol. The average Bonchev–Trinajstić information content (AvgIpc) is 2.59. The molecule has 2 aromatic heterocycles. The van der Waals surface area contributed by atoms with Crippen LogP contribution in [0.4, 0.5) is 0 Å². The summed E-state index contributed by atoms with van der Waals surface area (Å²) in [5.74, 6) is 0.880. The molecular weight excluding hydrogens is 128 g/mol. The number of aromatic amines is 1. The molecule has 0 aromatic carbocycles. The molecule has 0 atom stereocenters. The zero-order valence-electron chi connectivity index (χ0n) is 5.23. The number of hydrogen-bond donors (Lipinski definition) is 1. The molecule has 0 saturated heterocycles. The van der Waals surface area contributed by atoms with Gasteiger partial charge in [-0.1, -0.05) is 0 Å². The summed E-state index contributed by atoms with van der Waals surface area (Å²) in [6.45, 7) is 0. The van der Waals surface area contributed by atoms with Crippen molar-refractivity contribution in [1.82, 2.24) is 19.7 Å². The van der Waals surface area contributed by atoms with Crippen molar-refractivity contribution in [1.29, 1.82) is 0 Å². The summed E-state index contributed by atoms with van der Waals surface area (Å²) in [5, 5.41) is 4.00. The number of nitrogens with zero attached hydrogens (tertiary/aromatic N) is 3. The third-order valence-electron chi connectivity index (χ3n) is 1.24. The van der Waals surface area contributed by atoms with Gasteiger partial charge in [0.05, 0.1) is 12.5 Å². The highest BCUT2D eigenvalue weighted by molar-refractivity contribution is 5.14. The summed E-state index contributed by atoms with van der Waals surface area (Å²) >= 11 is 0. The van der Waals surface area contributed by atoms with Gasteiger partial charge < -0.3 is 4.98 Å². The lowest BCUT2D eigenvalue weighted by atomic mass is 10.7. The second-order valence-corrected chi connectivity index (χ2v) is 1.89. The van der Waals surface area contributed by atoms with Crippen molar-refractivity contribution in [3.63, 3.8) is 0 Å². The Morgan fingerprint density at radius 3 is 3.10 bits per heavy atom. The molecule has 0 fully saturated rings. The number of hydrogen-bond acceptors (Lipinski definition) is 2. The number of nitrogens with one attached hydrogen (secondary N) is 1. The van der Waals surface area contributed by atoms with E-state index in [1.807, 2.05) is 12.3 Å². The largest absolute Gasteiger partial charge is 0.330 e. The van der Waals surface area contributed by atoms with Crippen molar-refractivity contribution in [2.24, 2.45) is 0 Å². The van der Waals surface area contributed by atoms with Crippen LogP contribution < -0.4 is 0 Å². The molecule has 0 aliphatic heterocycles. The van der Waals surface area contributed by atoms with E-state index in [2.05, 4.69) is 15.1 Å². The normalized spacial score (nSPS) is 10.0. The second-order valence-electron chi connectivity index (χ2n) is 1.89. The molecule has 2 rings (SSSR count). The third kappa shape index (κ3) is 0.699. The van der Waals surface area contributed by atoms with Crippen LogP contribution in [-0.4, -0.2) is 19.7 Å². The van der Waals surface area contributed by atoms with Crippen molar-refractivity contribution in [2.75, 3.05) is 0 Å². The molecule has 0 saturated carbocycles. The van der Waals surface area contributed by atoms with Crippen LogP contribution in [0.5, 0.6) is 0 Å². The van der Waals surface area contributed by atoms with Gasteiger partial charge >= 0.3 is 0 Å². The molecule has 1 N–H and O–H groups in total. The van der Waals surface area contributed by atoms with E-state index in [9.17, 15) is 0 Å². The standard InChI is InChI=1S/C6H6N4/c1-2-9-10(3-1)6-4-7-5-8-6/h1-5H,(H,7,8). The van der Waals surface area contributed by atoms with Crippen LogP contribution in [-0.2, 0) is 0 Å². The predicted octanol–water partition coefficient (Wildman–Crippen LogP) is 0.595. The van der Waals surface area contributed by atoms with Crippen LogP contribution in [0.1, 0.15) is 0 Å². The van der Waals surface area contributed by atoms with Crippen molar-refractivity contribution >= 4 is 0 Å². The molecule has 0 amide bonds. The summed E-state index contributed by atoms with van der Waals surface area (Å²) < 4.78 is 1.72. The molecule has 2 heterocycles. The quantitative estimate of drug-likeness (QED) is 0.620. The molecule has 0 spiro atoms. The van der Waals surface area contributed by atoms with E-state index in [4.69, 9.17) is 0 Å². The van der Waals surface area contributed by atoms with E-state index in [1.54, 1.807) is 23.4 Å². The van der Waals surface area contributed by atoms with Gasteiger partial charge in [-0.3, -0.25) is 0 Å². The minimum atomic E-state index is 0.880. The highest BCUT2D eigenvalue weighted by Crippen LogP contribution is 1.96. The van der Waals surface area contributed by atoms with Crippen LogP contribution in [0, 0.1) is 0 Å². The van der Waals surface area contributed by atoms with E-state index in [0.29, 0.717) is 0 Å². The predicted molar refractivity (Wildman–Crippen MR) is 35.7 cm³/mol. The average molecular weight is 134 g/mol. The lowest BCUT2D eigenvalue weighted by Gasteiger charge is -1.91. The van der Waals surface area contributed by atoms with Crippen molar-refractivity contribution in [2.45, 2.75) is 0 Å². The van der Waals surface area contributed by atoms with E-state index in [-0.39, 0.29) is 0 Å². The van der Waals surface area contributed by atoms with Crippen LogP contribution in [0.2, 0.25) is 0 Å². The first-order valence-electron chi connectivity index (χ1n) is 2.95. The maximum Gasteiger partial charge on any atom is 0.151 e. The van der Waals surface area contributed by atoms with Gasteiger partial charge in [0.1, 0.15) is 0 Å². The summed E-state index contributed by atoms with van der Waals surface area (Å²) in [6.07, 6.45) is 6.92. The van der Waals surface area contributed by atoms with Crippen molar-refractivity contribution in [3.8, 4) is 5.82 Å². The maximum atomic E-state index is 4.00. The Bertz CT molecular complexity index is 249. The lowest BCUT2D eigenvalue weighted by Crippen LogP contribution is -1.92. The lowest BCUT2D eigenvalue weighted by molar-refractivity contribution is 0.854. The Balaban J connectivity index is 2.48. The second kappa shape index (κ2) is 1.98. The molecule has 4 heteroatoms. The van der Waals surface area contributed by atoms with Crippen LogP contribution in [0.15, 0.2) is 31.0 Å². The molecule has 0 aliphatic rings. The summed E-state index contributed by atoms with van der Waals surface area (Å²) in [4.78, 5) is 6.79. The summed E-state index contributed by atoms with van der Waals surface area (Å²) in [6, 6.07) is 1.86. The van der Waals surface area contributed by atoms with Crippen LogP contribution >= 0.6 is 0 Å². The van der Waals surface area contributed by atoms with Gasteiger partial charge in [0.15, 0.2) is 5.82 Å². The zero-order valence-corrected chi connectivity index (χ0v) is 5.23. The smallest absolute Gasteiger partial charge is 0.151 e. The van der Waals surface area contributed by atoms with E-state index in [1.165, 1.54) is 0 Å². The number of H-pyrrole nitrogens is 1. The highest BCUT2D eigenvalue weighted by atomic mass is 15.3. The topological polar surface area (TPSA) is 46.5 Å². The molecule has 0 unspecified atom stereocenters. The van der Waals surface area contributed by atoms with Gasteiger partial charge in [-0.25, -0.2) is 9.67 Å². The van der Waals surface area contributed by atoms with E-state index in [0.717, 1.165) is 5.82 Å². The van der Waals surface area contributed by atoms with E-state index < -0.39 is 0 Å². The Morgan fingerprint density at radius 1 is 1.50 bits per heavy atom. The third-order valence-corrected chi connectivity index (χ3v) is 1.24. The molecular formula is C6H6N4. The fourth-order valence-electron chi connectivity index (χ4n) is 0.785. The van der Waals surface area contributed by atoms with Gasteiger partial charge in [-0.15, -0.1) is 0 Å². The zero-order chi connectivity index (χ0) is 6.81. The van der Waals surface area contributed by atoms with Crippen molar-refractivity contribution in [3.05, 3.63) is 31.0 Å². The number of imidazole rings is 1. The van der Waals surface area contributed by atoms with Crippen LogP contribution in [0.3, 0.4) is 0 Å². The van der Waals surface area contributed by atoms with Crippen molar-refractivity contribution < 1.29 is 0 Å². The van der Waals surface area contributed by atoms with Gasteiger partial charge in [0.25, 0.3) is 0 Å². The van der Waals surface area contributed by atoms with E-state index >= 15 is 0 Å². The van der Waals surface area contributed by atoms with Gasteiger partial charge in [0, 0.05) is 12.4 Å².